The number of nitrogens with zero attached hydrogens (tertiary/aromatic N) is 5. The molecule has 0 atom stereocenters. The number of benzene rings is 3. The number of ketones is 1. The van der Waals surface area contributed by atoms with Crippen molar-refractivity contribution in [2.24, 2.45) is 14.1 Å². The Hall–Kier alpha value is -3.66. The Bertz CT molecular complexity index is 2110. The molecule has 236 valence electrons. The van der Waals surface area contributed by atoms with Crippen LogP contribution < -0.4 is 4.74 Å². The van der Waals surface area contributed by atoms with Gasteiger partial charge in [0.05, 0.1) is 23.7 Å². The number of ether oxygens (including phenoxy) is 1. The molecule has 3 aromatic heterocycles. The number of carbonyl (C=O) groups is 1. The van der Waals surface area contributed by atoms with Gasteiger partial charge in [-0.1, -0.05) is 42.8 Å². The summed E-state index contributed by atoms with van der Waals surface area (Å²) in [6, 6.07) is 21.0. The summed E-state index contributed by atoms with van der Waals surface area (Å²) in [7, 11) is 3.99. The third kappa shape index (κ3) is 5.73. The Morgan fingerprint density at radius 2 is 1.80 bits per heavy atom. The lowest BCUT2D eigenvalue weighted by atomic mass is 9.99. The molecule has 0 amide bonds. The van der Waals surface area contributed by atoms with E-state index in [-0.39, 0.29) is 5.78 Å². The maximum atomic E-state index is 13.3. The van der Waals surface area contributed by atoms with Crippen molar-refractivity contribution < 1.29 is 9.53 Å². The van der Waals surface area contributed by atoms with Gasteiger partial charge in [-0.25, -0.2) is 0 Å². The second-order valence-electron chi connectivity index (χ2n) is 11.7. The minimum absolute atomic E-state index is 0.109. The van der Waals surface area contributed by atoms with Gasteiger partial charge in [-0.15, -0.1) is 23.5 Å². The number of hydrogen-bond acceptors (Lipinski definition) is 6. The molecule has 0 spiro atoms. The number of aromatic nitrogens is 5. The van der Waals surface area contributed by atoms with Crippen LogP contribution in [0, 0.1) is 6.92 Å². The fourth-order valence-corrected chi connectivity index (χ4v) is 8.45. The highest BCUT2D eigenvalue weighted by atomic mass is 35.5. The van der Waals surface area contributed by atoms with Gasteiger partial charge in [0.25, 0.3) is 0 Å². The van der Waals surface area contributed by atoms with Crippen LogP contribution in [0.4, 0.5) is 0 Å². The number of thioether (sulfide) groups is 2. The highest BCUT2D eigenvalue weighted by molar-refractivity contribution is 7.98. The van der Waals surface area contributed by atoms with Crippen LogP contribution in [0.25, 0.3) is 32.8 Å². The molecule has 4 heterocycles. The number of rotatable bonds is 2. The maximum Gasteiger partial charge on any atom is 0.178 e. The Balaban J connectivity index is 1.34. The predicted molar refractivity (Wildman–Crippen MR) is 190 cm³/mol. The first kappa shape index (κ1) is 31.0. The van der Waals surface area contributed by atoms with Crippen LogP contribution in [0.1, 0.15) is 53.0 Å². The topological polar surface area (TPSA) is 66.9 Å². The molecule has 0 N–H and O–H groups in total. The van der Waals surface area contributed by atoms with Crippen molar-refractivity contribution in [2.75, 3.05) is 6.61 Å². The van der Waals surface area contributed by atoms with Gasteiger partial charge in [0.1, 0.15) is 5.75 Å². The summed E-state index contributed by atoms with van der Waals surface area (Å²) in [6.45, 7) is 5.17. The lowest BCUT2D eigenvalue weighted by Gasteiger charge is -2.14. The molecule has 0 fully saturated rings. The van der Waals surface area contributed by atoms with Crippen LogP contribution in [-0.4, -0.2) is 36.5 Å². The highest BCUT2D eigenvalue weighted by Crippen LogP contribution is 2.42. The van der Waals surface area contributed by atoms with Gasteiger partial charge in [-0.2, -0.15) is 10.2 Å². The number of fused-ring (bicyclic) bond motifs is 8. The van der Waals surface area contributed by atoms with Crippen LogP contribution in [0.2, 0.25) is 5.02 Å². The molecule has 7 nitrogen and oxygen atoms in total. The normalized spacial score (nSPS) is 14.3. The summed E-state index contributed by atoms with van der Waals surface area (Å²) in [5.41, 5.74) is 7.92. The molecule has 3 aromatic carbocycles. The van der Waals surface area contributed by atoms with Crippen LogP contribution in [0.5, 0.6) is 5.75 Å². The molecule has 10 heteroatoms. The predicted octanol–water partition coefficient (Wildman–Crippen LogP) is 8.99. The van der Waals surface area contributed by atoms with E-state index in [2.05, 4.69) is 54.0 Å². The zero-order valence-corrected chi connectivity index (χ0v) is 28.9. The standard InChI is InChI=1S/C36H36ClN5O2S2/c1-5-33(43)32-18-28-31-12-11-29(37)36(28)35-22(2)40(3)39-30(35)21-45-19-24-16-25(41(4)38-24)20-46-26-15-23-9-6-7-10-27(23)34(17-26)44-14-8-13-42(31)32/h6-7,9-12,15-18H,5,8,13-14,19-21H2,1-4H3. The lowest BCUT2D eigenvalue weighted by molar-refractivity contribution is 0.0979. The van der Waals surface area contributed by atoms with Gasteiger partial charge in [0.15, 0.2) is 5.78 Å². The fraction of sp³-hybridized carbons (Fsp3) is 0.306. The van der Waals surface area contributed by atoms with E-state index in [0.717, 1.165) is 78.5 Å². The smallest absolute Gasteiger partial charge is 0.178 e. The van der Waals surface area contributed by atoms with Crippen molar-refractivity contribution in [2.45, 2.75) is 55.4 Å². The zero-order chi connectivity index (χ0) is 31.9. The molecule has 0 unspecified atom stereocenters. The largest absolute Gasteiger partial charge is 0.493 e. The lowest BCUT2D eigenvalue weighted by Crippen LogP contribution is -2.11. The summed E-state index contributed by atoms with van der Waals surface area (Å²) < 4.78 is 12.6. The summed E-state index contributed by atoms with van der Waals surface area (Å²) in [5, 5.41) is 13.6. The number of halogens is 1. The van der Waals surface area contributed by atoms with Gasteiger partial charge in [0.2, 0.25) is 0 Å². The fourth-order valence-electron chi connectivity index (χ4n) is 6.36. The monoisotopic (exact) mass is 669 g/mol. The Kier molecular flexibility index (Phi) is 8.65. The third-order valence-electron chi connectivity index (χ3n) is 8.78. The zero-order valence-electron chi connectivity index (χ0n) is 26.5. The minimum Gasteiger partial charge on any atom is -0.493 e. The van der Waals surface area contributed by atoms with E-state index in [1.165, 1.54) is 5.69 Å². The van der Waals surface area contributed by atoms with Crippen molar-refractivity contribution >= 4 is 62.6 Å². The number of carbonyl (C=O) groups excluding carboxylic acids is 1. The summed E-state index contributed by atoms with van der Waals surface area (Å²) >= 11 is 10.6. The van der Waals surface area contributed by atoms with Crippen molar-refractivity contribution in [3.05, 3.63) is 94.2 Å². The minimum atomic E-state index is 0.109. The van der Waals surface area contributed by atoms with Crippen LogP contribution in [0.15, 0.2) is 65.6 Å². The average molecular weight is 670 g/mol. The second kappa shape index (κ2) is 12.9. The average Bonchev–Trinajstić information content (AvgIpc) is 3.69. The highest BCUT2D eigenvalue weighted by Gasteiger charge is 2.24. The maximum absolute atomic E-state index is 13.3. The van der Waals surface area contributed by atoms with E-state index >= 15 is 0 Å². The number of hydrogen-bond donors (Lipinski definition) is 0. The first-order valence-electron chi connectivity index (χ1n) is 15.6. The molecular weight excluding hydrogens is 634 g/mol. The van der Waals surface area contributed by atoms with Crippen molar-refractivity contribution in [1.82, 2.24) is 24.1 Å². The first-order chi connectivity index (χ1) is 22.3. The van der Waals surface area contributed by atoms with Crippen LogP contribution in [0.3, 0.4) is 0 Å². The summed E-state index contributed by atoms with van der Waals surface area (Å²) in [5.74, 6) is 3.28. The van der Waals surface area contributed by atoms with Crippen LogP contribution in [-0.2, 0) is 37.9 Å². The third-order valence-corrected chi connectivity index (χ3v) is 11.1. The summed E-state index contributed by atoms with van der Waals surface area (Å²) in [6.07, 6.45) is 1.17. The molecule has 0 radical (unpaired) electrons. The van der Waals surface area contributed by atoms with E-state index in [0.29, 0.717) is 36.0 Å². The van der Waals surface area contributed by atoms with E-state index < -0.39 is 0 Å². The van der Waals surface area contributed by atoms with E-state index in [9.17, 15) is 4.79 Å². The molecule has 0 saturated carbocycles. The molecule has 46 heavy (non-hydrogen) atoms. The molecule has 1 aliphatic rings. The second-order valence-corrected chi connectivity index (χ2v) is 14.2. The Morgan fingerprint density at radius 1 is 0.957 bits per heavy atom. The molecule has 1 aliphatic heterocycles. The van der Waals surface area contributed by atoms with Crippen molar-refractivity contribution in [3.8, 4) is 16.9 Å². The van der Waals surface area contributed by atoms with Gasteiger partial charge in [-0.3, -0.25) is 14.2 Å². The molecule has 0 saturated heterocycles. The Morgan fingerprint density at radius 3 is 2.65 bits per heavy atom. The number of Topliss-reactive ketones (excluding diaryl/α,β-unsaturated/α-hetero) is 1. The Labute approximate surface area is 282 Å². The van der Waals surface area contributed by atoms with E-state index in [1.54, 1.807) is 23.5 Å². The van der Waals surface area contributed by atoms with Gasteiger partial charge in [-0.05, 0) is 55.1 Å². The van der Waals surface area contributed by atoms with E-state index in [4.69, 9.17) is 26.5 Å². The first-order valence-corrected chi connectivity index (χ1v) is 18.1. The SMILES string of the molecule is CCC(=O)c1cc2c3c(Cl)ccc2n1CCCOc1cc(cc2ccccc12)SCc1cc(nn1C)CSCc1nn(C)c(C)c1-3. The molecule has 6 aromatic rings. The molecule has 8 bridgehead atoms. The number of aryl methyl sites for hydroxylation is 3. The van der Waals surface area contributed by atoms with Crippen molar-refractivity contribution in [1.29, 1.82) is 0 Å². The summed E-state index contributed by atoms with van der Waals surface area (Å²) in [4.78, 5) is 14.5. The quantitative estimate of drug-likeness (QED) is 0.172. The van der Waals surface area contributed by atoms with E-state index in [1.807, 2.05) is 48.6 Å². The molecule has 0 aliphatic carbocycles. The molecule has 7 rings (SSSR count). The van der Waals surface area contributed by atoms with Crippen molar-refractivity contribution in [3.63, 3.8) is 0 Å². The van der Waals surface area contributed by atoms with Gasteiger partial charge in [0, 0.05) is 93.0 Å². The van der Waals surface area contributed by atoms with Gasteiger partial charge < -0.3 is 9.30 Å². The van der Waals surface area contributed by atoms with Gasteiger partial charge >= 0.3 is 0 Å². The molecular formula is C36H36ClN5O2S2. The van der Waals surface area contributed by atoms with Crippen LogP contribution >= 0.6 is 35.1 Å².